The highest BCUT2D eigenvalue weighted by Crippen LogP contribution is 2.13. The van der Waals surface area contributed by atoms with Crippen molar-refractivity contribution in [1.82, 2.24) is 0 Å². The first-order valence-electron chi connectivity index (χ1n) is 28.5. The largest absolute Gasteiger partial charge is 0.462 e. The van der Waals surface area contributed by atoms with E-state index in [0.717, 1.165) is 154 Å². The molecule has 0 bridgehead atoms. The van der Waals surface area contributed by atoms with Gasteiger partial charge in [0.1, 0.15) is 13.2 Å². The van der Waals surface area contributed by atoms with E-state index in [2.05, 4.69) is 142 Å². The van der Waals surface area contributed by atoms with Gasteiger partial charge in [-0.1, -0.05) is 219 Å². The molecule has 0 fully saturated rings. The summed E-state index contributed by atoms with van der Waals surface area (Å²) in [5.41, 5.74) is 0. The van der Waals surface area contributed by atoms with Crippen LogP contribution in [0.1, 0.15) is 245 Å². The molecule has 0 saturated carbocycles. The molecule has 0 amide bonds. The Labute approximate surface area is 431 Å². The van der Waals surface area contributed by atoms with Crippen LogP contribution in [-0.2, 0) is 28.6 Å². The summed E-state index contributed by atoms with van der Waals surface area (Å²) in [6.45, 7) is 6.40. The topological polar surface area (TPSA) is 78.9 Å². The molecule has 0 heterocycles. The monoisotopic (exact) mass is 969 g/mol. The van der Waals surface area contributed by atoms with E-state index in [1.165, 1.54) is 51.4 Å². The zero-order chi connectivity index (χ0) is 50.7. The Hall–Kier alpha value is -4.19. The highest BCUT2D eigenvalue weighted by molar-refractivity contribution is 5.71. The Morgan fingerprint density at radius 2 is 0.586 bits per heavy atom. The molecule has 6 nitrogen and oxygen atoms in total. The summed E-state index contributed by atoms with van der Waals surface area (Å²) >= 11 is 0. The van der Waals surface area contributed by atoms with Crippen LogP contribution in [0.4, 0.5) is 0 Å². The van der Waals surface area contributed by atoms with Crippen LogP contribution in [0.5, 0.6) is 0 Å². The van der Waals surface area contributed by atoms with Gasteiger partial charge in [-0.3, -0.25) is 14.4 Å². The van der Waals surface area contributed by atoms with Gasteiger partial charge in [-0.05, 0) is 128 Å². The molecule has 0 aromatic rings. The molecule has 70 heavy (non-hydrogen) atoms. The van der Waals surface area contributed by atoms with Crippen molar-refractivity contribution < 1.29 is 28.6 Å². The quantitative estimate of drug-likeness (QED) is 0.0262. The molecule has 0 aromatic carbocycles. The predicted octanol–water partition coefficient (Wildman–Crippen LogP) is 19.3. The summed E-state index contributed by atoms with van der Waals surface area (Å²) in [4.78, 5) is 38.1. The first-order valence-corrected chi connectivity index (χ1v) is 28.5. The van der Waals surface area contributed by atoms with Gasteiger partial charge in [0.05, 0.1) is 0 Å². The zero-order valence-electron chi connectivity index (χ0n) is 45.2. The fourth-order valence-corrected chi connectivity index (χ4v) is 7.39. The van der Waals surface area contributed by atoms with E-state index >= 15 is 0 Å². The maximum atomic E-state index is 12.8. The van der Waals surface area contributed by atoms with E-state index in [4.69, 9.17) is 14.2 Å². The van der Waals surface area contributed by atoms with Gasteiger partial charge in [-0.15, -0.1) is 0 Å². The van der Waals surface area contributed by atoms with Crippen LogP contribution in [-0.4, -0.2) is 37.2 Å². The second-order valence-corrected chi connectivity index (χ2v) is 18.5. The second-order valence-electron chi connectivity index (χ2n) is 18.5. The predicted molar refractivity (Wildman–Crippen MR) is 302 cm³/mol. The van der Waals surface area contributed by atoms with Gasteiger partial charge in [-0.2, -0.15) is 0 Å². The summed E-state index contributed by atoms with van der Waals surface area (Å²) in [6, 6.07) is 0. The normalized spacial score (nSPS) is 13.0. The van der Waals surface area contributed by atoms with Gasteiger partial charge in [0.25, 0.3) is 0 Å². The molecule has 0 spiro atoms. The molecule has 396 valence electrons. The van der Waals surface area contributed by atoms with Gasteiger partial charge < -0.3 is 14.2 Å². The molecule has 0 aliphatic heterocycles. The first kappa shape index (κ1) is 65.8. The van der Waals surface area contributed by atoms with E-state index in [0.29, 0.717) is 19.3 Å². The third kappa shape index (κ3) is 54.7. The minimum atomic E-state index is -0.805. The van der Waals surface area contributed by atoms with E-state index in [9.17, 15) is 14.4 Å². The van der Waals surface area contributed by atoms with Crippen LogP contribution < -0.4 is 0 Å². The summed E-state index contributed by atoms with van der Waals surface area (Å²) < 4.78 is 16.8. The molecule has 1 unspecified atom stereocenters. The van der Waals surface area contributed by atoms with E-state index in [1.807, 2.05) is 0 Å². The molecular weight excluding hydrogens is 865 g/mol. The fraction of sp³-hybridized carbons (Fsp3) is 0.641. The van der Waals surface area contributed by atoms with Crippen molar-refractivity contribution in [1.29, 1.82) is 0 Å². The van der Waals surface area contributed by atoms with Crippen LogP contribution in [0.15, 0.2) is 122 Å². The SMILES string of the molecule is CC/C=C\C/C=C\C/C=C\C/C=C\C/C=C\C/C=C\C/C=C\CCCCCC(=O)OCC(COC(=O)CCCCCCC/C=C\C/C=C\CCC)OC(=O)CCCCCCC/C=C\CCCCCCC. The number of ether oxygens (including phenoxy) is 3. The third-order valence-electron chi connectivity index (χ3n) is 11.7. The fourth-order valence-electron chi connectivity index (χ4n) is 7.39. The Balaban J connectivity index is 4.44. The Bertz CT molecular complexity index is 1490. The smallest absolute Gasteiger partial charge is 0.306 e. The maximum absolute atomic E-state index is 12.8. The summed E-state index contributed by atoms with van der Waals surface area (Å²) in [5, 5.41) is 0. The maximum Gasteiger partial charge on any atom is 0.306 e. The highest BCUT2D eigenvalue weighted by Gasteiger charge is 2.19. The van der Waals surface area contributed by atoms with Crippen molar-refractivity contribution in [3.63, 3.8) is 0 Å². The number of carbonyl (C=O) groups excluding carboxylic acids is 3. The van der Waals surface area contributed by atoms with Gasteiger partial charge in [-0.25, -0.2) is 0 Å². The minimum absolute atomic E-state index is 0.102. The summed E-state index contributed by atoms with van der Waals surface area (Å²) in [7, 11) is 0. The Morgan fingerprint density at radius 1 is 0.300 bits per heavy atom. The van der Waals surface area contributed by atoms with Crippen molar-refractivity contribution in [2.24, 2.45) is 0 Å². The van der Waals surface area contributed by atoms with Gasteiger partial charge >= 0.3 is 17.9 Å². The molecule has 1 atom stereocenters. The summed E-state index contributed by atoms with van der Waals surface area (Å²) in [5.74, 6) is -0.961. The minimum Gasteiger partial charge on any atom is -0.462 e. The van der Waals surface area contributed by atoms with Crippen molar-refractivity contribution >= 4 is 17.9 Å². The van der Waals surface area contributed by atoms with Crippen molar-refractivity contribution in [3.8, 4) is 0 Å². The van der Waals surface area contributed by atoms with E-state index in [-0.39, 0.29) is 31.1 Å². The van der Waals surface area contributed by atoms with E-state index < -0.39 is 6.10 Å². The first-order chi connectivity index (χ1) is 34.5. The third-order valence-corrected chi connectivity index (χ3v) is 11.7. The lowest BCUT2D eigenvalue weighted by atomic mass is 10.1. The summed E-state index contributed by atoms with van der Waals surface area (Å²) in [6.07, 6.45) is 79.0. The van der Waals surface area contributed by atoms with E-state index in [1.54, 1.807) is 0 Å². The number of allylic oxidation sites excluding steroid dienone is 20. The van der Waals surface area contributed by atoms with Crippen LogP contribution in [0.3, 0.4) is 0 Å². The second kappa shape index (κ2) is 57.4. The molecule has 0 saturated heterocycles. The number of hydrogen-bond acceptors (Lipinski definition) is 6. The number of carbonyl (C=O) groups is 3. The van der Waals surface area contributed by atoms with Crippen LogP contribution in [0, 0.1) is 0 Å². The molecule has 0 radical (unpaired) electrons. The molecule has 0 N–H and O–H groups in total. The van der Waals surface area contributed by atoms with Gasteiger partial charge in [0.15, 0.2) is 6.10 Å². The molecular formula is C64H104O6. The van der Waals surface area contributed by atoms with Gasteiger partial charge in [0.2, 0.25) is 0 Å². The van der Waals surface area contributed by atoms with Crippen LogP contribution in [0.25, 0.3) is 0 Å². The van der Waals surface area contributed by atoms with Crippen molar-refractivity contribution in [2.45, 2.75) is 252 Å². The van der Waals surface area contributed by atoms with Crippen molar-refractivity contribution in [3.05, 3.63) is 122 Å². The number of esters is 3. The Morgan fingerprint density at radius 3 is 0.957 bits per heavy atom. The van der Waals surface area contributed by atoms with Gasteiger partial charge in [0, 0.05) is 19.3 Å². The molecule has 0 aliphatic carbocycles. The lowest BCUT2D eigenvalue weighted by molar-refractivity contribution is -0.167. The molecule has 0 aliphatic rings. The lowest BCUT2D eigenvalue weighted by Crippen LogP contribution is -2.30. The lowest BCUT2D eigenvalue weighted by Gasteiger charge is -2.18. The van der Waals surface area contributed by atoms with Crippen molar-refractivity contribution in [2.75, 3.05) is 13.2 Å². The highest BCUT2D eigenvalue weighted by atomic mass is 16.6. The standard InChI is InChI=1S/C64H104O6/c1-4-7-10-13-16-19-22-25-27-28-29-30-31-32-33-34-35-36-37-40-42-45-48-51-54-57-63(66)69-60-61(59-68-62(65)56-53-50-47-44-41-38-24-21-18-15-12-9-6-3)70-64(67)58-55-52-49-46-43-39-26-23-20-17-14-11-8-5-2/h7,10,12,15-16,19,21,23-27,29-30,32-33,35-36,40,42,61H,4-6,8-9,11,13-14,17-18,20,22,28,31,34,37-39,41,43-60H2,1-3H3/b10-7-,15-12-,19-16-,24-21-,26-23-,27-25-,30-29-,33-32-,36-35-,42-40-. The molecule has 6 heteroatoms. The van der Waals surface area contributed by atoms with Crippen LogP contribution in [0.2, 0.25) is 0 Å². The average molecular weight is 970 g/mol. The molecule has 0 rings (SSSR count). The molecule has 0 aromatic heterocycles. The number of rotatable bonds is 50. The number of unbranched alkanes of at least 4 members (excludes halogenated alkanes) is 19. The average Bonchev–Trinajstić information content (AvgIpc) is 3.36. The number of hydrogen-bond donors (Lipinski definition) is 0. The van der Waals surface area contributed by atoms with Crippen LogP contribution >= 0.6 is 0 Å². The Kier molecular flexibility index (Phi) is 54.0. The zero-order valence-corrected chi connectivity index (χ0v) is 45.2.